The van der Waals surface area contributed by atoms with Gasteiger partial charge in [0.1, 0.15) is 0 Å². The number of hydrogen-bond donors (Lipinski definition) is 2. The average molecular weight is 276 g/mol. The Balaban J connectivity index is 1.98. The zero-order valence-electron chi connectivity index (χ0n) is 12.3. The highest BCUT2D eigenvalue weighted by Gasteiger charge is 2.26. The smallest absolute Gasteiger partial charge is 0.321 e. The van der Waals surface area contributed by atoms with Crippen LogP contribution in [-0.2, 0) is 0 Å². The summed E-state index contributed by atoms with van der Waals surface area (Å²) < 4.78 is 0. The lowest BCUT2D eigenvalue weighted by Crippen LogP contribution is -2.37. The predicted molar refractivity (Wildman–Crippen MR) is 80.7 cm³/mol. The van der Waals surface area contributed by atoms with Crippen LogP contribution >= 0.6 is 0 Å². The third kappa shape index (κ3) is 4.23. The van der Waals surface area contributed by atoms with Gasteiger partial charge >= 0.3 is 6.03 Å². The molecule has 1 aromatic rings. The van der Waals surface area contributed by atoms with Crippen molar-refractivity contribution in [2.24, 2.45) is 5.92 Å². The van der Waals surface area contributed by atoms with Gasteiger partial charge in [-0.1, -0.05) is 19.1 Å². The molecule has 1 unspecified atom stereocenters. The summed E-state index contributed by atoms with van der Waals surface area (Å²) in [6.07, 6.45) is 2.93. The second-order valence-corrected chi connectivity index (χ2v) is 5.62. The number of amides is 2. The number of carbonyl (C=O) groups excluding carboxylic acids is 1. The highest BCUT2D eigenvalue weighted by molar-refractivity contribution is 5.89. The summed E-state index contributed by atoms with van der Waals surface area (Å²) >= 11 is 0. The van der Waals surface area contributed by atoms with E-state index in [4.69, 9.17) is 0 Å². The van der Waals surface area contributed by atoms with Gasteiger partial charge in [-0.05, 0) is 49.8 Å². The van der Waals surface area contributed by atoms with Crippen LogP contribution in [0.25, 0.3) is 0 Å². The highest BCUT2D eigenvalue weighted by Crippen LogP contribution is 2.30. The Hall–Kier alpha value is -1.55. The highest BCUT2D eigenvalue weighted by atomic mass is 16.3. The van der Waals surface area contributed by atoms with Crippen molar-refractivity contribution in [2.75, 3.05) is 18.4 Å². The number of carbonyl (C=O) groups is 1. The summed E-state index contributed by atoms with van der Waals surface area (Å²) in [5.41, 5.74) is 1.55. The monoisotopic (exact) mass is 276 g/mol. The molecule has 1 aromatic carbocycles. The molecule has 1 fully saturated rings. The molecule has 4 nitrogen and oxygen atoms in total. The van der Waals surface area contributed by atoms with Crippen LogP contribution in [0.1, 0.15) is 44.8 Å². The third-order valence-electron chi connectivity index (χ3n) is 3.58. The molecule has 0 saturated heterocycles. The van der Waals surface area contributed by atoms with Gasteiger partial charge in [0, 0.05) is 18.8 Å². The van der Waals surface area contributed by atoms with Crippen LogP contribution in [-0.4, -0.2) is 29.1 Å². The van der Waals surface area contributed by atoms with Crippen molar-refractivity contribution >= 4 is 11.7 Å². The van der Waals surface area contributed by atoms with Crippen LogP contribution in [0.4, 0.5) is 10.5 Å². The molecule has 0 aliphatic heterocycles. The largest absolute Gasteiger partial charge is 0.389 e. The molecule has 1 aliphatic rings. The minimum Gasteiger partial charge on any atom is -0.389 e. The summed E-state index contributed by atoms with van der Waals surface area (Å²) in [6, 6.07) is 7.34. The van der Waals surface area contributed by atoms with Gasteiger partial charge in [-0.15, -0.1) is 0 Å². The average Bonchev–Trinajstić information content (AvgIpc) is 3.22. The van der Waals surface area contributed by atoms with Crippen LogP contribution < -0.4 is 5.32 Å². The normalized spacial score (nSPS) is 15.8. The summed E-state index contributed by atoms with van der Waals surface area (Å²) in [5.74, 6) is 0.691. The standard InChI is InChI=1S/C16H24N2O2/c1-3-9-18(11-13-7-8-13)16(20)17-15-6-4-5-14(10-15)12(2)19/h4-6,10,12-13,19H,3,7-9,11H2,1-2H3,(H,17,20). The first kappa shape index (κ1) is 14.9. The molecular weight excluding hydrogens is 252 g/mol. The van der Waals surface area contributed by atoms with Crippen LogP contribution in [0.15, 0.2) is 24.3 Å². The van der Waals surface area contributed by atoms with Crippen molar-refractivity contribution < 1.29 is 9.90 Å². The van der Waals surface area contributed by atoms with Gasteiger partial charge in [-0.25, -0.2) is 4.79 Å². The molecule has 1 atom stereocenters. The van der Waals surface area contributed by atoms with Gasteiger partial charge in [0.05, 0.1) is 6.10 Å². The lowest BCUT2D eigenvalue weighted by Gasteiger charge is -2.22. The Morgan fingerprint density at radius 3 is 2.85 bits per heavy atom. The SMILES string of the molecule is CCCN(CC1CC1)C(=O)Nc1cccc(C(C)O)c1. The minimum absolute atomic E-state index is 0.0403. The number of nitrogens with zero attached hydrogens (tertiary/aromatic N) is 1. The van der Waals surface area contributed by atoms with E-state index in [9.17, 15) is 9.90 Å². The van der Waals surface area contributed by atoms with E-state index in [-0.39, 0.29) is 6.03 Å². The van der Waals surface area contributed by atoms with Crippen molar-refractivity contribution in [3.8, 4) is 0 Å². The molecule has 1 saturated carbocycles. The fourth-order valence-electron chi connectivity index (χ4n) is 2.24. The second-order valence-electron chi connectivity index (χ2n) is 5.62. The van der Waals surface area contributed by atoms with E-state index in [2.05, 4.69) is 12.2 Å². The molecule has 0 radical (unpaired) electrons. The van der Waals surface area contributed by atoms with Crippen molar-refractivity contribution in [1.29, 1.82) is 0 Å². The van der Waals surface area contributed by atoms with Crippen LogP contribution in [0.2, 0.25) is 0 Å². The first-order valence-corrected chi connectivity index (χ1v) is 7.44. The van der Waals surface area contributed by atoms with E-state index in [0.717, 1.165) is 30.8 Å². The van der Waals surface area contributed by atoms with Crippen molar-refractivity contribution in [1.82, 2.24) is 4.90 Å². The summed E-state index contributed by atoms with van der Waals surface area (Å²) in [7, 11) is 0. The lowest BCUT2D eigenvalue weighted by molar-refractivity contribution is 0.199. The van der Waals surface area contributed by atoms with Crippen LogP contribution in [0, 0.1) is 5.92 Å². The number of anilines is 1. The minimum atomic E-state index is -0.523. The quantitative estimate of drug-likeness (QED) is 0.836. The molecule has 2 amide bonds. The van der Waals surface area contributed by atoms with E-state index >= 15 is 0 Å². The molecule has 20 heavy (non-hydrogen) atoms. The molecule has 0 bridgehead atoms. The van der Waals surface area contributed by atoms with Gasteiger partial charge < -0.3 is 15.3 Å². The number of benzene rings is 1. The van der Waals surface area contributed by atoms with Crippen LogP contribution in [0.3, 0.4) is 0 Å². The second kappa shape index (κ2) is 6.75. The Labute approximate surface area is 120 Å². The fraction of sp³-hybridized carbons (Fsp3) is 0.562. The van der Waals surface area contributed by atoms with E-state index in [0.29, 0.717) is 5.92 Å². The van der Waals surface area contributed by atoms with Gasteiger partial charge in [-0.2, -0.15) is 0 Å². The Bertz CT molecular complexity index is 456. The molecule has 0 aromatic heterocycles. The fourth-order valence-corrected chi connectivity index (χ4v) is 2.24. The van der Waals surface area contributed by atoms with Crippen molar-refractivity contribution in [3.05, 3.63) is 29.8 Å². The van der Waals surface area contributed by atoms with Crippen LogP contribution in [0.5, 0.6) is 0 Å². The zero-order valence-corrected chi connectivity index (χ0v) is 12.3. The Morgan fingerprint density at radius 2 is 2.25 bits per heavy atom. The number of aliphatic hydroxyl groups excluding tert-OH is 1. The van der Waals surface area contributed by atoms with Crippen molar-refractivity contribution in [3.63, 3.8) is 0 Å². The molecule has 110 valence electrons. The van der Waals surface area contributed by atoms with Gasteiger partial charge in [0.25, 0.3) is 0 Å². The lowest BCUT2D eigenvalue weighted by atomic mass is 10.1. The molecular formula is C16H24N2O2. The van der Waals surface area contributed by atoms with E-state index < -0.39 is 6.10 Å². The summed E-state index contributed by atoms with van der Waals surface area (Å²) in [5, 5.41) is 12.5. The number of rotatable bonds is 6. The number of nitrogens with one attached hydrogen (secondary N) is 1. The number of urea groups is 1. The van der Waals surface area contributed by atoms with E-state index in [1.165, 1.54) is 12.8 Å². The zero-order chi connectivity index (χ0) is 14.5. The molecule has 2 N–H and O–H groups in total. The molecule has 0 heterocycles. The van der Waals surface area contributed by atoms with Gasteiger partial charge in [0.2, 0.25) is 0 Å². The molecule has 2 rings (SSSR count). The molecule has 4 heteroatoms. The van der Waals surface area contributed by atoms with E-state index in [1.807, 2.05) is 29.2 Å². The Kier molecular flexibility index (Phi) is 5.01. The van der Waals surface area contributed by atoms with Crippen molar-refractivity contribution in [2.45, 2.75) is 39.2 Å². The number of hydrogen-bond acceptors (Lipinski definition) is 2. The van der Waals surface area contributed by atoms with Gasteiger partial charge in [0.15, 0.2) is 0 Å². The summed E-state index contributed by atoms with van der Waals surface area (Å²) in [6.45, 7) is 5.45. The predicted octanol–water partition coefficient (Wildman–Crippen LogP) is 3.39. The molecule has 1 aliphatic carbocycles. The topological polar surface area (TPSA) is 52.6 Å². The first-order chi connectivity index (χ1) is 9.60. The third-order valence-corrected chi connectivity index (χ3v) is 3.58. The van der Waals surface area contributed by atoms with E-state index in [1.54, 1.807) is 6.92 Å². The maximum atomic E-state index is 12.3. The maximum absolute atomic E-state index is 12.3. The van der Waals surface area contributed by atoms with Gasteiger partial charge in [-0.3, -0.25) is 0 Å². The number of aliphatic hydroxyl groups is 1. The first-order valence-electron chi connectivity index (χ1n) is 7.44. The Morgan fingerprint density at radius 1 is 1.50 bits per heavy atom. The summed E-state index contributed by atoms with van der Waals surface area (Å²) in [4.78, 5) is 14.2. The molecule has 0 spiro atoms. The maximum Gasteiger partial charge on any atom is 0.321 e.